The molecule has 0 spiro atoms. The third kappa shape index (κ3) is 5.33. The summed E-state index contributed by atoms with van der Waals surface area (Å²) in [6.07, 6.45) is 2.46. The van der Waals surface area contributed by atoms with Gasteiger partial charge in [0.05, 0.1) is 0 Å². The minimum absolute atomic E-state index is 0.0447. The minimum atomic E-state index is 0.0447. The van der Waals surface area contributed by atoms with Crippen LogP contribution in [0.4, 0.5) is 0 Å². The maximum Gasteiger partial charge on any atom is 0.251 e. The molecule has 112 valence electrons. The third-order valence-electron chi connectivity index (χ3n) is 3.59. The molecule has 1 aromatic carbocycles. The second kappa shape index (κ2) is 8.75. The maximum absolute atomic E-state index is 12.0. The number of piperidine rings is 1. The summed E-state index contributed by atoms with van der Waals surface area (Å²) in [5.74, 6) is 0.640. The van der Waals surface area contributed by atoms with Gasteiger partial charge in [-0.15, -0.1) is 0 Å². The number of hydrogen-bond acceptors (Lipinski definition) is 2. The van der Waals surface area contributed by atoms with Crippen molar-refractivity contribution in [1.82, 2.24) is 10.2 Å². The molecule has 3 heteroatoms. The average Bonchev–Trinajstić information content (AvgIpc) is 2.48. The highest BCUT2D eigenvalue weighted by atomic mass is 16.1. The van der Waals surface area contributed by atoms with Gasteiger partial charge in [0, 0.05) is 18.7 Å². The highest BCUT2D eigenvalue weighted by Crippen LogP contribution is 2.14. The quantitative estimate of drug-likeness (QED) is 0.920. The van der Waals surface area contributed by atoms with E-state index in [0.717, 1.165) is 18.7 Å². The van der Waals surface area contributed by atoms with Crippen molar-refractivity contribution in [2.24, 2.45) is 5.92 Å². The van der Waals surface area contributed by atoms with Gasteiger partial charge in [0.15, 0.2) is 0 Å². The van der Waals surface area contributed by atoms with Gasteiger partial charge in [-0.25, -0.2) is 0 Å². The Morgan fingerprint density at radius 3 is 2.55 bits per heavy atom. The maximum atomic E-state index is 12.0. The lowest BCUT2D eigenvalue weighted by atomic mass is 9.98. The number of carbonyl (C=O) groups is 1. The van der Waals surface area contributed by atoms with Gasteiger partial charge in [0.1, 0.15) is 0 Å². The van der Waals surface area contributed by atoms with Crippen LogP contribution in [0.15, 0.2) is 24.3 Å². The topological polar surface area (TPSA) is 32.3 Å². The van der Waals surface area contributed by atoms with E-state index in [-0.39, 0.29) is 5.91 Å². The Balaban J connectivity index is 0.000000956. The fourth-order valence-electron chi connectivity index (χ4n) is 2.48. The normalized spacial score (nSPS) is 18.9. The summed E-state index contributed by atoms with van der Waals surface area (Å²) in [6, 6.07) is 7.72. The summed E-state index contributed by atoms with van der Waals surface area (Å²) >= 11 is 0. The Morgan fingerprint density at radius 1 is 1.30 bits per heavy atom. The number of aryl methyl sites for hydroxylation is 1. The van der Waals surface area contributed by atoms with Gasteiger partial charge in [0.25, 0.3) is 5.91 Å². The molecule has 1 atom stereocenters. The van der Waals surface area contributed by atoms with Gasteiger partial charge in [-0.2, -0.15) is 0 Å². The molecular formula is C17H28N2O. The number of amides is 1. The molecule has 1 aromatic rings. The second-order valence-electron chi connectivity index (χ2n) is 5.35. The Bertz CT molecular complexity index is 400. The van der Waals surface area contributed by atoms with Crippen LogP contribution in [0.2, 0.25) is 0 Å². The van der Waals surface area contributed by atoms with Crippen molar-refractivity contribution in [3.05, 3.63) is 35.4 Å². The summed E-state index contributed by atoms with van der Waals surface area (Å²) in [4.78, 5) is 14.3. The standard InChI is InChI=1S/C15H22N2O.C2H6/c1-12-5-7-14(8-6-12)15(18)16-10-13-4-3-9-17(2)11-13;1-2/h5-8,13H,3-4,9-11H2,1-2H3,(H,16,18);1-2H3. The van der Waals surface area contributed by atoms with E-state index in [0.29, 0.717) is 5.92 Å². The van der Waals surface area contributed by atoms with Gasteiger partial charge < -0.3 is 10.2 Å². The van der Waals surface area contributed by atoms with E-state index in [1.54, 1.807) is 0 Å². The van der Waals surface area contributed by atoms with Crippen LogP contribution in [0, 0.1) is 12.8 Å². The molecule has 0 aromatic heterocycles. The number of likely N-dealkylation sites (tertiary alicyclic amines) is 1. The summed E-state index contributed by atoms with van der Waals surface area (Å²) in [6.45, 7) is 9.09. The van der Waals surface area contributed by atoms with Crippen molar-refractivity contribution >= 4 is 5.91 Å². The lowest BCUT2D eigenvalue weighted by Crippen LogP contribution is -2.39. The molecule has 1 saturated heterocycles. The predicted molar refractivity (Wildman–Crippen MR) is 85.1 cm³/mol. The third-order valence-corrected chi connectivity index (χ3v) is 3.59. The van der Waals surface area contributed by atoms with Crippen LogP contribution in [0.3, 0.4) is 0 Å². The van der Waals surface area contributed by atoms with Crippen LogP contribution in [-0.4, -0.2) is 37.5 Å². The highest BCUT2D eigenvalue weighted by Gasteiger charge is 2.17. The van der Waals surface area contributed by atoms with E-state index in [4.69, 9.17) is 0 Å². The first kappa shape index (κ1) is 16.7. The Hall–Kier alpha value is -1.35. The lowest BCUT2D eigenvalue weighted by Gasteiger charge is -2.29. The fraction of sp³-hybridized carbons (Fsp3) is 0.588. The molecule has 0 saturated carbocycles. The van der Waals surface area contributed by atoms with Crippen molar-refractivity contribution in [3.8, 4) is 0 Å². The first-order valence-electron chi connectivity index (χ1n) is 7.68. The molecule has 1 aliphatic rings. The molecular weight excluding hydrogens is 248 g/mol. The molecule has 0 radical (unpaired) electrons. The average molecular weight is 276 g/mol. The minimum Gasteiger partial charge on any atom is -0.352 e. The molecule has 20 heavy (non-hydrogen) atoms. The number of nitrogens with one attached hydrogen (secondary N) is 1. The SMILES string of the molecule is CC.Cc1ccc(C(=O)NCC2CCCN(C)C2)cc1. The van der Waals surface area contributed by atoms with Crippen molar-refractivity contribution in [2.75, 3.05) is 26.7 Å². The van der Waals surface area contributed by atoms with E-state index in [1.807, 2.05) is 45.0 Å². The molecule has 1 amide bonds. The van der Waals surface area contributed by atoms with E-state index in [1.165, 1.54) is 24.9 Å². The first-order valence-corrected chi connectivity index (χ1v) is 7.68. The monoisotopic (exact) mass is 276 g/mol. The van der Waals surface area contributed by atoms with Crippen LogP contribution in [0.25, 0.3) is 0 Å². The zero-order valence-corrected chi connectivity index (χ0v) is 13.3. The number of benzene rings is 1. The summed E-state index contributed by atoms with van der Waals surface area (Å²) in [7, 11) is 2.15. The first-order chi connectivity index (χ1) is 9.65. The zero-order valence-electron chi connectivity index (χ0n) is 13.3. The largest absolute Gasteiger partial charge is 0.352 e. The summed E-state index contributed by atoms with van der Waals surface area (Å²) in [5.41, 5.74) is 1.94. The molecule has 1 unspecified atom stereocenters. The summed E-state index contributed by atoms with van der Waals surface area (Å²) < 4.78 is 0. The van der Waals surface area contributed by atoms with Gasteiger partial charge >= 0.3 is 0 Å². The van der Waals surface area contributed by atoms with E-state index < -0.39 is 0 Å². The fourth-order valence-corrected chi connectivity index (χ4v) is 2.48. The van der Waals surface area contributed by atoms with Gasteiger partial charge in [-0.1, -0.05) is 31.5 Å². The molecule has 1 heterocycles. The van der Waals surface area contributed by atoms with E-state index in [9.17, 15) is 4.79 Å². The molecule has 3 nitrogen and oxygen atoms in total. The Labute approximate surface area is 123 Å². The number of carbonyl (C=O) groups excluding carboxylic acids is 1. The number of rotatable bonds is 3. The molecule has 1 N–H and O–H groups in total. The van der Waals surface area contributed by atoms with Crippen LogP contribution in [0.1, 0.15) is 42.6 Å². The lowest BCUT2D eigenvalue weighted by molar-refractivity contribution is 0.0937. The van der Waals surface area contributed by atoms with Crippen molar-refractivity contribution < 1.29 is 4.79 Å². The Morgan fingerprint density at radius 2 is 1.95 bits per heavy atom. The van der Waals surface area contributed by atoms with Crippen molar-refractivity contribution in [3.63, 3.8) is 0 Å². The molecule has 0 aliphatic carbocycles. The van der Waals surface area contributed by atoms with Crippen molar-refractivity contribution in [2.45, 2.75) is 33.6 Å². The molecule has 2 rings (SSSR count). The van der Waals surface area contributed by atoms with Gasteiger partial charge in [-0.05, 0) is 51.4 Å². The van der Waals surface area contributed by atoms with E-state index >= 15 is 0 Å². The van der Waals surface area contributed by atoms with Gasteiger partial charge in [0.2, 0.25) is 0 Å². The highest BCUT2D eigenvalue weighted by molar-refractivity contribution is 5.94. The smallest absolute Gasteiger partial charge is 0.251 e. The van der Waals surface area contributed by atoms with E-state index in [2.05, 4.69) is 17.3 Å². The summed E-state index contributed by atoms with van der Waals surface area (Å²) in [5, 5.41) is 3.04. The van der Waals surface area contributed by atoms with Crippen LogP contribution < -0.4 is 5.32 Å². The van der Waals surface area contributed by atoms with Crippen molar-refractivity contribution in [1.29, 1.82) is 0 Å². The van der Waals surface area contributed by atoms with Crippen LogP contribution in [0.5, 0.6) is 0 Å². The van der Waals surface area contributed by atoms with Crippen LogP contribution in [-0.2, 0) is 0 Å². The zero-order chi connectivity index (χ0) is 15.0. The Kier molecular flexibility index (Phi) is 7.31. The second-order valence-corrected chi connectivity index (χ2v) is 5.35. The number of hydrogen-bond donors (Lipinski definition) is 1. The van der Waals surface area contributed by atoms with Gasteiger partial charge in [-0.3, -0.25) is 4.79 Å². The molecule has 1 aliphatic heterocycles. The number of nitrogens with zero attached hydrogens (tertiary/aromatic N) is 1. The predicted octanol–water partition coefficient (Wildman–Crippen LogP) is 3.09. The molecule has 0 bridgehead atoms. The molecule has 1 fully saturated rings. The van der Waals surface area contributed by atoms with Crippen LogP contribution >= 0.6 is 0 Å².